The largest absolute Gasteiger partial charge is 0.299 e. The minimum atomic E-state index is 0.878. The summed E-state index contributed by atoms with van der Waals surface area (Å²) < 4.78 is 0. The zero-order valence-corrected chi connectivity index (χ0v) is 22.1. The molecule has 0 atom stereocenters. The molecule has 1 fully saturated rings. The Morgan fingerprint density at radius 3 is 2.51 bits per heavy atom. The van der Waals surface area contributed by atoms with Crippen LogP contribution >= 0.6 is 0 Å². The van der Waals surface area contributed by atoms with Crippen molar-refractivity contribution in [2.45, 2.75) is 58.4 Å². The van der Waals surface area contributed by atoms with Gasteiger partial charge in [0.25, 0.3) is 0 Å². The minimum absolute atomic E-state index is 0.878. The van der Waals surface area contributed by atoms with Crippen LogP contribution in [0, 0.1) is 5.92 Å². The van der Waals surface area contributed by atoms with Gasteiger partial charge in [0.05, 0.1) is 0 Å². The molecule has 0 N–H and O–H groups in total. The molecule has 3 rings (SSSR count). The van der Waals surface area contributed by atoms with Gasteiger partial charge < -0.3 is 0 Å². The van der Waals surface area contributed by atoms with Crippen LogP contribution in [-0.4, -0.2) is 42.5 Å². The number of benzene rings is 1. The number of hydrogen-bond donors (Lipinski definition) is 0. The summed E-state index contributed by atoms with van der Waals surface area (Å²) in [6, 6.07) is 7.32. The highest BCUT2D eigenvalue weighted by Crippen LogP contribution is 2.25. The summed E-state index contributed by atoms with van der Waals surface area (Å²) in [5.41, 5.74) is 7.31. The summed E-state index contributed by atoms with van der Waals surface area (Å²) in [7, 11) is 0. The number of nitrogens with zero attached hydrogens (tertiary/aromatic N) is 2. The van der Waals surface area contributed by atoms with Crippen LogP contribution in [0.3, 0.4) is 0 Å². The van der Waals surface area contributed by atoms with Crippen molar-refractivity contribution >= 4 is 0 Å². The normalized spacial score (nSPS) is 18.9. The van der Waals surface area contributed by atoms with Crippen LogP contribution in [0.1, 0.15) is 55.7 Å². The van der Waals surface area contributed by atoms with Crippen LogP contribution in [0.2, 0.25) is 0 Å². The quantitative estimate of drug-likeness (QED) is 0.293. The van der Waals surface area contributed by atoms with Crippen LogP contribution in [0.4, 0.5) is 0 Å². The van der Waals surface area contributed by atoms with Crippen molar-refractivity contribution in [3.8, 4) is 0 Å². The molecule has 2 heterocycles. The van der Waals surface area contributed by atoms with Crippen molar-refractivity contribution in [2.75, 3.05) is 32.7 Å². The molecule has 1 aromatic rings. The maximum Gasteiger partial charge on any atom is 0.0239 e. The first-order valence-corrected chi connectivity index (χ1v) is 13.6. The van der Waals surface area contributed by atoms with Crippen LogP contribution < -0.4 is 0 Å². The van der Waals surface area contributed by atoms with E-state index >= 15 is 0 Å². The highest BCUT2D eigenvalue weighted by molar-refractivity contribution is 5.33. The van der Waals surface area contributed by atoms with E-state index in [-0.39, 0.29) is 0 Å². The summed E-state index contributed by atoms with van der Waals surface area (Å²) in [6.45, 7) is 20.5. The molecule has 2 aliphatic heterocycles. The molecule has 2 heteroatoms. The third kappa shape index (κ3) is 9.28. The van der Waals surface area contributed by atoms with Gasteiger partial charge in [-0.2, -0.15) is 0 Å². The molecule has 0 bridgehead atoms. The Kier molecular flexibility index (Phi) is 11.5. The lowest BCUT2D eigenvalue weighted by Gasteiger charge is -2.32. The summed E-state index contributed by atoms with van der Waals surface area (Å²) in [6.07, 6.45) is 23.0. The van der Waals surface area contributed by atoms with Crippen molar-refractivity contribution < 1.29 is 0 Å². The maximum absolute atomic E-state index is 3.94. The number of hydrogen-bond acceptors (Lipinski definition) is 2. The van der Waals surface area contributed by atoms with Crippen molar-refractivity contribution in [1.82, 2.24) is 9.80 Å². The Hall–Kier alpha value is -2.42. The fourth-order valence-corrected chi connectivity index (χ4v) is 5.50. The lowest BCUT2D eigenvalue weighted by atomic mass is 9.90. The molecule has 2 aliphatic rings. The number of aryl methyl sites for hydroxylation is 2. The van der Waals surface area contributed by atoms with E-state index in [0.717, 1.165) is 25.6 Å². The fraction of sp³-hybridized carbons (Fsp3) is 0.455. The molecule has 2 nitrogen and oxygen atoms in total. The van der Waals surface area contributed by atoms with E-state index in [0.29, 0.717) is 0 Å². The number of rotatable bonds is 12. The molecule has 35 heavy (non-hydrogen) atoms. The van der Waals surface area contributed by atoms with Gasteiger partial charge in [-0.1, -0.05) is 92.5 Å². The van der Waals surface area contributed by atoms with Crippen LogP contribution in [0.5, 0.6) is 0 Å². The average Bonchev–Trinajstić information content (AvgIpc) is 3.06. The van der Waals surface area contributed by atoms with Gasteiger partial charge >= 0.3 is 0 Å². The van der Waals surface area contributed by atoms with Crippen LogP contribution in [0.25, 0.3) is 0 Å². The van der Waals surface area contributed by atoms with E-state index in [2.05, 4.69) is 72.9 Å². The Labute approximate surface area is 215 Å². The lowest BCUT2D eigenvalue weighted by molar-refractivity contribution is 0.191. The van der Waals surface area contributed by atoms with Crippen molar-refractivity contribution in [3.63, 3.8) is 0 Å². The van der Waals surface area contributed by atoms with E-state index in [4.69, 9.17) is 0 Å². The third-order valence-corrected chi connectivity index (χ3v) is 7.47. The predicted octanol–water partition coefficient (Wildman–Crippen LogP) is 7.46. The average molecular weight is 471 g/mol. The van der Waals surface area contributed by atoms with Crippen molar-refractivity contribution in [2.24, 2.45) is 5.92 Å². The van der Waals surface area contributed by atoms with Gasteiger partial charge in [0.1, 0.15) is 0 Å². The van der Waals surface area contributed by atoms with Gasteiger partial charge in [-0.15, -0.1) is 0 Å². The van der Waals surface area contributed by atoms with E-state index in [1.807, 2.05) is 24.3 Å². The molecule has 1 aromatic carbocycles. The first-order chi connectivity index (χ1) is 17.1. The standard InChI is InChI=1S/C33H46N2/c1-5-8-9-13-28(4)25-35-21-11-16-32-18-17-31(24-33(32)27-35)15-10-14-30-19-22-34(23-20-30)26-29(7-3)12-6-2/h5-9,12-13,17-18,24,30H,1-3,10-11,14-16,19-23,25-27H2,4H3/b9-8-,28-13+,29-12+. The van der Waals surface area contributed by atoms with Gasteiger partial charge in [-0.25, -0.2) is 0 Å². The number of likely N-dealkylation sites (tertiary alicyclic amines) is 1. The van der Waals surface area contributed by atoms with Crippen molar-refractivity contribution in [3.05, 3.63) is 108 Å². The van der Waals surface area contributed by atoms with Crippen LogP contribution in [-0.2, 0) is 19.4 Å². The van der Waals surface area contributed by atoms with Crippen LogP contribution in [0.15, 0.2) is 91.6 Å². The first kappa shape index (κ1) is 27.2. The Bertz CT molecular complexity index is 924. The summed E-state index contributed by atoms with van der Waals surface area (Å²) in [5, 5.41) is 0. The molecule has 188 valence electrons. The topological polar surface area (TPSA) is 6.48 Å². The monoisotopic (exact) mass is 470 g/mol. The summed E-state index contributed by atoms with van der Waals surface area (Å²) in [4.78, 5) is 5.18. The van der Waals surface area contributed by atoms with E-state index in [1.165, 1.54) is 81.3 Å². The predicted molar refractivity (Wildman–Crippen MR) is 154 cm³/mol. The Morgan fingerprint density at radius 2 is 1.77 bits per heavy atom. The van der Waals surface area contributed by atoms with Gasteiger partial charge in [0.2, 0.25) is 0 Å². The second-order valence-corrected chi connectivity index (χ2v) is 10.3. The highest BCUT2D eigenvalue weighted by atomic mass is 15.1. The molecule has 0 radical (unpaired) electrons. The van der Waals surface area contributed by atoms with Crippen molar-refractivity contribution in [1.29, 1.82) is 0 Å². The maximum atomic E-state index is 3.94. The first-order valence-electron chi connectivity index (χ1n) is 13.6. The fourth-order valence-electron chi connectivity index (χ4n) is 5.50. The minimum Gasteiger partial charge on any atom is -0.299 e. The highest BCUT2D eigenvalue weighted by Gasteiger charge is 2.19. The SMILES string of the molecule is C=C/C=C\C=C(/C)CN1CCCc2ccc(CCCC3CCN(C/C(C=C)=C/C=C)CC3)cc2C1. The van der Waals surface area contributed by atoms with E-state index in [1.54, 1.807) is 11.1 Å². The molecule has 0 unspecified atom stereocenters. The molecular formula is C33H46N2. The number of piperidine rings is 1. The second-order valence-electron chi connectivity index (χ2n) is 10.3. The Balaban J connectivity index is 1.46. The molecule has 0 saturated carbocycles. The van der Waals surface area contributed by atoms with Gasteiger partial charge in [-0.3, -0.25) is 9.80 Å². The zero-order chi connectivity index (χ0) is 24.9. The van der Waals surface area contributed by atoms with E-state index < -0.39 is 0 Å². The van der Waals surface area contributed by atoms with E-state index in [9.17, 15) is 0 Å². The molecular weight excluding hydrogens is 424 g/mol. The van der Waals surface area contributed by atoms with Gasteiger partial charge in [0.15, 0.2) is 0 Å². The summed E-state index contributed by atoms with van der Waals surface area (Å²) >= 11 is 0. The van der Waals surface area contributed by atoms with Gasteiger partial charge in [0, 0.05) is 19.6 Å². The zero-order valence-electron chi connectivity index (χ0n) is 22.1. The molecule has 0 aromatic heterocycles. The smallest absolute Gasteiger partial charge is 0.0239 e. The molecule has 1 saturated heterocycles. The Morgan fingerprint density at radius 1 is 0.943 bits per heavy atom. The lowest BCUT2D eigenvalue weighted by Crippen LogP contribution is -2.34. The molecule has 0 aliphatic carbocycles. The molecule has 0 amide bonds. The number of allylic oxidation sites excluding steroid dienone is 6. The number of fused-ring (bicyclic) bond motifs is 1. The third-order valence-electron chi connectivity index (χ3n) is 7.47. The summed E-state index contributed by atoms with van der Waals surface area (Å²) in [5.74, 6) is 0.878. The second kappa shape index (κ2) is 14.9. The molecule has 0 spiro atoms. The van der Waals surface area contributed by atoms with Gasteiger partial charge in [-0.05, 0) is 93.3 Å².